The number of unbranched alkanes of at least 4 members (excludes halogenated alkanes) is 25. The number of carbonyl (C=O) groups is 2. The molecule has 1 amide bonds. The number of carboxylic acid groups (broad SMARTS) is 1. The molecule has 24 heteroatoms. The van der Waals surface area contributed by atoms with Crippen LogP contribution in [0.25, 0.3) is 0 Å². The van der Waals surface area contributed by atoms with E-state index in [0.717, 1.165) is 51.9 Å². The van der Waals surface area contributed by atoms with E-state index < -0.39 is 155 Å². The number of hydrogen-bond acceptors (Lipinski definition) is 21. The second kappa shape index (κ2) is 44.0. The van der Waals surface area contributed by atoms with Gasteiger partial charge in [-0.05, 0) is 32.1 Å². The summed E-state index contributed by atoms with van der Waals surface area (Å²) in [6, 6.07) is -2.74. The first kappa shape index (κ1) is 77.6. The van der Waals surface area contributed by atoms with Gasteiger partial charge in [0.15, 0.2) is 12.6 Å². The van der Waals surface area contributed by atoms with Crippen molar-refractivity contribution < 1.29 is 134 Å². The van der Waals surface area contributed by atoms with Gasteiger partial charge in [0, 0.05) is 12.8 Å². The van der Waals surface area contributed by atoms with Gasteiger partial charge in [0.1, 0.15) is 73.2 Å². The fourth-order valence-electron chi connectivity index (χ4n) is 10.9. The number of nitrogens with zero attached hydrogens (tertiary/aromatic N) is 1. The largest absolute Gasteiger partial charge is 1.00 e. The standard InChI is InChI=1S/C59H108N2O21.Na/c1-4-6-8-10-12-14-16-18-19-21-23-25-27-29-31-33-46(69)61-40(41(66)32-30-28-26-24-22-20-17-15-13-11-9-7-5-2)38-77-56-51(73)50(72)53(45(37-64)79-56)80-57-52(74)55(49(71)44(36-63)78-57)82-59(58(75)76)34-42(67)47(60-39(3)65)54(81-59)48(70)43(68)35-62;/h30,32,40-45,47-57,62-64,66-68,70-74H,4-29,31,33-38H2,1-3H3,(H,60,65)(H,61,69)(H,75,76);/q;+1/p-1/b32-30+;/t40-,41+,42?,43+,44?,45-,47+,48-,49+,50?,51?,52?,53+,54?,55-,56+,57-,59-;/m0./s1. The molecule has 3 heterocycles. The fourth-order valence-corrected chi connectivity index (χ4v) is 10.9. The molecule has 18 atom stereocenters. The quantitative estimate of drug-likeness (QED) is 0.0124. The molecular weight excluding hydrogens is 1100 g/mol. The summed E-state index contributed by atoms with van der Waals surface area (Å²) in [4.78, 5) is 30.0. The number of carbonyl (C=O) groups excluding carboxylic acids is 1. The van der Waals surface area contributed by atoms with Crippen LogP contribution in [0.5, 0.6) is 0 Å². The zero-order valence-electron chi connectivity index (χ0n) is 50.3. The van der Waals surface area contributed by atoms with Gasteiger partial charge >= 0.3 is 35.5 Å². The van der Waals surface area contributed by atoms with Crippen LogP contribution in [-0.2, 0) is 38.0 Å². The molecule has 0 spiro atoms. The number of aliphatic carboxylic acids is 1. The molecular formula is C59H107N2NaO21. The number of aliphatic hydroxyl groups excluding tert-OH is 11. The van der Waals surface area contributed by atoms with Crippen molar-refractivity contribution in [2.24, 2.45) is 4.99 Å². The number of nitrogens with one attached hydrogen (secondary N) is 1. The summed E-state index contributed by atoms with van der Waals surface area (Å²) < 4.78 is 34.6. The normalized spacial score (nSPS) is 30.2. The molecule has 6 unspecified atom stereocenters. The van der Waals surface area contributed by atoms with E-state index in [1.807, 2.05) is 6.08 Å². The van der Waals surface area contributed by atoms with Crippen molar-refractivity contribution >= 4 is 17.8 Å². The molecule has 0 radical (unpaired) electrons. The third-order valence-corrected chi connectivity index (χ3v) is 15.9. The van der Waals surface area contributed by atoms with Gasteiger partial charge in [0.25, 0.3) is 5.79 Å². The summed E-state index contributed by atoms with van der Waals surface area (Å²) in [5.74, 6) is -6.30. The molecule has 13 N–H and O–H groups in total. The Morgan fingerprint density at radius 1 is 0.675 bits per heavy atom. The zero-order valence-corrected chi connectivity index (χ0v) is 52.3. The molecule has 0 aliphatic carbocycles. The van der Waals surface area contributed by atoms with Gasteiger partial charge in [-0.3, -0.25) is 9.79 Å². The van der Waals surface area contributed by atoms with E-state index in [1.165, 1.54) is 116 Å². The summed E-state index contributed by atoms with van der Waals surface area (Å²) in [7, 11) is 0. The Hall–Kier alpha value is -1.53. The van der Waals surface area contributed by atoms with Crippen molar-refractivity contribution in [3.8, 4) is 0 Å². The van der Waals surface area contributed by atoms with Gasteiger partial charge in [-0.2, -0.15) is 0 Å². The number of allylic oxidation sites excluding steroid dienone is 1. The van der Waals surface area contributed by atoms with Crippen LogP contribution in [0.3, 0.4) is 0 Å². The van der Waals surface area contributed by atoms with Crippen molar-refractivity contribution in [3.63, 3.8) is 0 Å². The average Bonchev–Trinajstić information content (AvgIpc) is 3.65. The molecule has 0 bridgehead atoms. The topological polar surface area (TPSA) is 380 Å². The molecule has 480 valence electrons. The Morgan fingerprint density at radius 3 is 1.65 bits per heavy atom. The first-order valence-corrected chi connectivity index (χ1v) is 31.0. The van der Waals surface area contributed by atoms with E-state index in [0.29, 0.717) is 12.8 Å². The maximum atomic E-state index is 13.4. The number of amides is 1. The third kappa shape index (κ3) is 27.4. The summed E-state index contributed by atoms with van der Waals surface area (Å²) in [5.41, 5.74) is 0. The number of aliphatic hydroxyl groups is 11. The van der Waals surface area contributed by atoms with Gasteiger partial charge in [-0.1, -0.05) is 180 Å². The van der Waals surface area contributed by atoms with Crippen LogP contribution in [0.2, 0.25) is 0 Å². The summed E-state index contributed by atoms with van der Waals surface area (Å²) in [6.45, 7) is 2.02. The molecule has 3 saturated heterocycles. The molecule has 23 nitrogen and oxygen atoms in total. The van der Waals surface area contributed by atoms with Crippen LogP contribution in [0.15, 0.2) is 17.1 Å². The Morgan fingerprint density at radius 2 is 1.17 bits per heavy atom. The summed E-state index contributed by atoms with van der Waals surface area (Å²) in [5, 5.41) is 145. The van der Waals surface area contributed by atoms with E-state index in [4.69, 9.17) is 28.4 Å². The Labute approximate surface area is 514 Å². The van der Waals surface area contributed by atoms with Gasteiger partial charge in [-0.25, -0.2) is 4.79 Å². The predicted molar refractivity (Wildman–Crippen MR) is 301 cm³/mol. The van der Waals surface area contributed by atoms with Crippen LogP contribution in [-0.4, -0.2) is 215 Å². The molecule has 3 aliphatic rings. The van der Waals surface area contributed by atoms with Gasteiger partial charge in [-0.15, -0.1) is 0 Å². The second-order valence-corrected chi connectivity index (χ2v) is 22.8. The SMILES string of the molecule is CCCCCCCCCCCCC/C=C/[C@@H](O)[C@H](CO[C@@H]1O[C@@H](CO)[C@@H](O[C@@H]2OC(CO)[C@@H](O)[C@H](O[C@]3(C(=O)O)CC(O)[C@@H](N=C(C)[O-])C([C@@H](O)[C@H](O)CO)O3)C2O)C(O)C1O)NC(=O)CCCCCCCCCCCCCCCCC.[Na+]. The maximum Gasteiger partial charge on any atom is 1.00 e. The number of aliphatic imine (C=N–C) groups is 1. The van der Waals surface area contributed by atoms with Crippen molar-refractivity contribution in [2.75, 3.05) is 26.4 Å². The minimum Gasteiger partial charge on any atom is -0.862 e. The second-order valence-electron chi connectivity index (χ2n) is 22.8. The van der Waals surface area contributed by atoms with Crippen LogP contribution >= 0.6 is 0 Å². The molecule has 0 aromatic rings. The van der Waals surface area contributed by atoms with Crippen molar-refractivity contribution in [3.05, 3.63) is 12.2 Å². The number of carboxylic acids is 1. The average molecular weight is 1200 g/mol. The molecule has 0 aromatic carbocycles. The van der Waals surface area contributed by atoms with Crippen LogP contribution in [0.1, 0.15) is 207 Å². The molecule has 3 rings (SSSR count). The number of ether oxygens (including phenoxy) is 6. The molecule has 3 fully saturated rings. The number of hydrogen-bond donors (Lipinski definition) is 13. The number of rotatable bonds is 45. The smallest absolute Gasteiger partial charge is 0.862 e. The molecule has 0 aromatic heterocycles. The van der Waals surface area contributed by atoms with E-state index in [9.17, 15) is 76.0 Å². The fraction of sp³-hybridized carbons (Fsp3) is 0.915. The van der Waals surface area contributed by atoms with Gasteiger partial charge in [0.05, 0.1) is 44.7 Å². The summed E-state index contributed by atoms with van der Waals surface area (Å²) >= 11 is 0. The van der Waals surface area contributed by atoms with E-state index in [2.05, 4.69) is 24.2 Å². The minimum absolute atomic E-state index is 0. The van der Waals surface area contributed by atoms with Crippen LogP contribution < -0.4 is 40.0 Å². The molecule has 0 saturated carbocycles. The van der Waals surface area contributed by atoms with Crippen molar-refractivity contribution in [2.45, 2.75) is 317 Å². The maximum absolute atomic E-state index is 13.4. The van der Waals surface area contributed by atoms with Crippen molar-refractivity contribution in [1.82, 2.24) is 5.32 Å². The first-order valence-electron chi connectivity index (χ1n) is 31.0. The Bertz CT molecular complexity index is 1750. The molecule has 3 aliphatic heterocycles. The van der Waals surface area contributed by atoms with Gasteiger partial charge in [0.2, 0.25) is 5.91 Å². The van der Waals surface area contributed by atoms with Crippen molar-refractivity contribution in [1.29, 1.82) is 0 Å². The van der Waals surface area contributed by atoms with Crippen LogP contribution in [0.4, 0.5) is 0 Å². The minimum atomic E-state index is -3.10. The van der Waals surface area contributed by atoms with E-state index >= 15 is 0 Å². The van der Waals surface area contributed by atoms with E-state index in [1.54, 1.807) is 6.08 Å². The Kier molecular flexibility index (Phi) is 41.1. The monoisotopic (exact) mass is 1200 g/mol. The van der Waals surface area contributed by atoms with Gasteiger partial charge < -0.3 is 100 Å². The first-order chi connectivity index (χ1) is 39.4. The summed E-state index contributed by atoms with van der Waals surface area (Å²) in [6.07, 6.45) is 5.33. The van der Waals surface area contributed by atoms with Crippen LogP contribution in [0, 0.1) is 0 Å². The Balaban J connectivity index is 0.0000235. The molecule has 83 heavy (non-hydrogen) atoms. The predicted octanol–water partition coefficient (Wildman–Crippen LogP) is -0.188. The third-order valence-electron chi connectivity index (χ3n) is 15.9. The zero-order chi connectivity index (χ0) is 60.5. The van der Waals surface area contributed by atoms with E-state index in [-0.39, 0.29) is 41.9 Å².